The maximum atomic E-state index is 12.6. The Labute approximate surface area is 129 Å². The van der Waals surface area contributed by atoms with Gasteiger partial charge in [-0.25, -0.2) is 0 Å². The number of alkyl halides is 3. The van der Waals surface area contributed by atoms with Crippen LogP contribution in [0.1, 0.15) is 38.2 Å². The van der Waals surface area contributed by atoms with Crippen LogP contribution >= 0.6 is 0 Å². The summed E-state index contributed by atoms with van der Waals surface area (Å²) in [4.78, 5) is 24.8. The van der Waals surface area contributed by atoms with Crippen molar-refractivity contribution in [2.24, 2.45) is 0 Å². The largest absolute Gasteiger partial charge is 0.416 e. The molecule has 8 heteroatoms. The van der Waals surface area contributed by atoms with Crippen molar-refractivity contribution in [2.75, 3.05) is 6.54 Å². The fraction of sp³-hybridized carbons (Fsp3) is 0.200. The third-order valence-corrected chi connectivity index (χ3v) is 3.13. The number of aliphatic hydroxyl groups excluding tert-OH is 1. The number of halogens is 3. The van der Waals surface area contributed by atoms with Crippen molar-refractivity contribution in [2.45, 2.75) is 12.3 Å². The van der Waals surface area contributed by atoms with Crippen molar-refractivity contribution in [3.63, 3.8) is 0 Å². The van der Waals surface area contributed by atoms with E-state index in [0.29, 0.717) is 6.29 Å². The predicted molar refractivity (Wildman–Crippen MR) is 74.9 cm³/mol. The number of nitrogens with one attached hydrogen (secondary N) is 2. The number of carbonyl (C=O) groups is 2. The van der Waals surface area contributed by atoms with Crippen LogP contribution in [0.3, 0.4) is 0 Å². The lowest BCUT2D eigenvalue weighted by Crippen LogP contribution is -2.28. The first-order valence-corrected chi connectivity index (χ1v) is 6.59. The topological polar surface area (TPSA) is 82.2 Å². The molecule has 5 nitrogen and oxygen atoms in total. The number of hydrogen-bond donors (Lipinski definition) is 3. The summed E-state index contributed by atoms with van der Waals surface area (Å²) >= 11 is 0. The summed E-state index contributed by atoms with van der Waals surface area (Å²) in [5, 5.41) is 12.3. The van der Waals surface area contributed by atoms with E-state index in [1.54, 1.807) is 0 Å². The summed E-state index contributed by atoms with van der Waals surface area (Å²) in [5.74, 6) is -0.580. The number of aromatic amines is 1. The summed E-state index contributed by atoms with van der Waals surface area (Å²) in [6.07, 6.45) is -5.26. The van der Waals surface area contributed by atoms with Gasteiger partial charge in [-0.2, -0.15) is 13.2 Å². The molecule has 0 radical (unpaired) electrons. The molecule has 1 heterocycles. The van der Waals surface area contributed by atoms with Crippen molar-refractivity contribution in [3.8, 4) is 0 Å². The molecular weight excluding hydrogens is 313 g/mol. The van der Waals surface area contributed by atoms with E-state index in [2.05, 4.69) is 10.3 Å². The average Bonchev–Trinajstić information content (AvgIpc) is 3.00. The van der Waals surface area contributed by atoms with E-state index in [9.17, 15) is 27.9 Å². The van der Waals surface area contributed by atoms with Crippen molar-refractivity contribution in [3.05, 3.63) is 58.9 Å². The summed E-state index contributed by atoms with van der Waals surface area (Å²) in [6.45, 7) is -0.268. The minimum absolute atomic E-state index is 0.0418. The lowest BCUT2D eigenvalue weighted by atomic mass is 10.1. The molecule has 0 saturated carbocycles. The summed E-state index contributed by atoms with van der Waals surface area (Å²) < 4.78 is 37.9. The minimum Gasteiger partial charge on any atom is -0.387 e. The van der Waals surface area contributed by atoms with Crippen LogP contribution < -0.4 is 5.32 Å². The Morgan fingerprint density at radius 2 is 2.04 bits per heavy atom. The van der Waals surface area contributed by atoms with Gasteiger partial charge in [-0.05, 0) is 29.8 Å². The highest BCUT2D eigenvalue weighted by Crippen LogP contribution is 2.30. The van der Waals surface area contributed by atoms with Crippen molar-refractivity contribution < 1.29 is 27.9 Å². The number of hydrogen-bond acceptors (Lipinski definition) is 3. The highest BCUT2D eigenvalue weighted by atomic mass is 19.4. The fourth-order valence-electron chi connectivity index (χ4n) is 1.94. The quantitative estimate of drug-likeness (QED) is 0.738. The molecule has 0 spiro atoms. The molecule has 122 valence electrons. The second-order valence-corrected chi connectivity index (χ2v) is 4.79. The maximum Gasteiger partial charge on any atom is 0.416 e. The number of H-pyrrole nitrogens is 1. The summed E-state index contributed by atoms with van der Waals surface area (Å²) in [7, 11) is 0. The first-order chi connectivity index (χ1) is 10.8. The van der Waals surface area contributed by atoms with Crippen LogP contribution in [0.15, 0.2) is 36.4 Å². The maximum absolute atomic E-state index is 12.6. The van der Waals surface area contributed by atoms with Crippen molar-refractivity contribution in [1.29, 1.82) is 0 Å². The Morgan fingerprint density at radius 1 is 1.30 bits per heavy atom. The van der Waals surface area contributed by atoms with Gasteiger partial charge in [-0.15, -0.1) is 0 Å². The Morgan fingerprint density at radius 3 is 2.65 bits per heavy atom. The van der Waals surface area contributed by atoms with Gasteiger partial charge in [0.1, 0.15) is 5.69 Å². The van der Waals surface area contributed by atoms with Crippen LogP contribution in [-0.2, 0) is 6.18 Å². The molecule has 0 aliphatic rings. The second kappa shape index (κ2) is 6.66. The Balaban J connectivity index is 2.00. The molecule has 3 N–H and O–H groups in total. The van der Waals surface area contributed by atoms with Crippen molar-refractivity contribution in [1.82, 2.24) is 10.3 Å². The zero-order valence-electron chi connectivity index (χ0n) is 11.7. The minimum atomic E-state index is -4.51. The van der Waals surface area contributed by atoms with E-state index >= 15 is 0 Å². The number of rotatable bonds is 5. The highest BCUT2D eigenvalue weighted by molar-refractivity contribution is 5.93. The van der Waals surface area contributed by atoms with Gasteiger partial charge in [0, 0.05) is 6.54 Å². The molecule has 0 fully saturated rings. The number of aliphatic hydroxyl groups is 1. The Hall–Kier alpha value is -2.61. The second-order valence-electron chi connectivity index (χ2n) is 4.79. The Kier molecular flexibility index (Phi) is 4.85. The van der Waals surface area contributed by atoms with E-state index in [-0.39, 0.29) is 23.5 Å². The van der Waals surface area contributed by atoms with Gasteiger partial charge in [0.05, 0.1) is 17.4 Å². The Bertz CT molecular complexity index is 710. The zero-order valence-corrected chi connectivity index (χ0v) is 11.7. The third kappa shape index (κ3) is 4.19. The molecule has 1 amide bonds. The van der Waals surface area contributed by atoms with Gasteiger partial charge >= 0.3 is 6.18 Å². The fourth-order valence-corrected chi connectivity index (χ4v) is 1.94. The van der Waals surface area contributed by atoms with Crippen molar-refractivity contribution >= 4 is 12.2 Å². The van der Waals surface area contributed by atoms with Crippen LogP contribution in [-0.4, -0.2) is 28.8 Å². The molecule has 2 aromatic rings. The highest BCUT2D eigenvalue weighted by Gasteiger charge is 2.30. The summed E-state index contributed by atoms with van der Waals surface area (Å²) in [6, 6.07) is 7.04. The van der Waals surface area contributed by atoms with Crippen LogP contribution in [0.2, 0.25) is 0 Å². The molecule has 0 saturated heterocycles. The van der Waals surface area contributed by atoms with E-state index < -0.39 is 23.8 Å². The molecule has 2 rings (SSSR count). The van der Waals surface area contributed by atoms with E-state index in [1.807, 2.05) is 0 Å². The van der Waals surface area contributed by atoms with Gasteiger partial charge in [-0.1, -0.05) is 12.1 Å². The monoisotopic (exact) mass is 326 g/mol. The molecule has 0 bridgehead atoms. The molecule has 1 unspecified atom stereocenters. The van der Waals surface area contributed by atoms with Crippen LogP contribution in [0.4, 0.5) is 13.2 Å². The van der Waals surface area contributed by atoms with Gasteiger partial charge < -0.3 is 15.4 Å². The molecule has 1 atom stereocenters. The van der Waals surface area contributed by atoms with Crippen LogP contribution in [0.25, 0.3) is 0 Å². The van der Waals surface area contributed by atoms with E-state index in [0.717, 1.165) is 12.1 Å². The zero-order chi connectivity index (χ0) is 17.0. The first kappa shape index (κ1) is 16.8. The molecule has 0 aliphatic carbocycles. The van der Waals surface area contributed by atoms with Crippen LogP contribution in [0, 0.1) is 0 Å². The van der Waals surface area contributed by atoms with Gasteiger partial charge in [0.25, 0.3) is 5.91 Å². The molecule has 1 aromatic carbocycles. The summed E-state index contributed by atoms with van der Waals surface area (Å²) in [5.41, 5.74) is -0.502. The lowest BCUT2D eigenvalue weighted by molar-refractivity contribution is -0.137. The van der Waals surface area contributed by atoms with Gasteiger partial charge in [0.15, 0.2) is 6.29 Å². The number of carbonyl (C=O) groups excluding carboxylic acids is 2. The number of aromatic nitrogens is 1. The smallest absolute Gasteiger partial charge is 0.387 e. The van der Waals surface area contributed by atoms with E-state index in [1.165, 1.54) is 24.3 Å². The molecule has 1 aromatic heterocycles. The van der Waals surface area contributed by atoms with Gasteiger partial charge in [-0.3, -0.25) is 9.59 Å². The number of amides is 1. The molecular formula is C15H13F3N2O3. The number of benzene rings is 1. The normalized spacial score (nSPS) is 12.7. The lowest BCUT2D eigenvalue weighted by Gasteiger charge is -2.14. The average molecular weight is 326 g/mol. The van der Waals surface area contributed by atoms with Gasteiger partial charge in [0.2, 0.25) is 0 Å². The standard InChI is InChI=1S/C15H13F3N2O3/c16-15(17,18)10-3-1-2-9(6-10)13(22)7-19-14(23)12-5-4-11(8-21)20-12/h1-6,8,13,20,22H,7H2,(H,19,23). The SMILES string of the molecule is O=Cc1ccc(C(=O)NCC(O)c2cccc(C(F)(F)F)c2)[nH]1. The molecule has 0 aliphatic heterocycles. The van der Waals surface area contributed by atoms with E-state index in [4.69, 9.17) is 0 Å². The predicted octanol–water partition coefficient (Wildman–Crippen LogP) is 2.31. The number of aldehydes is 1. The van der Waals surface area contributed by atoms with Crippen LogP contribution in [0.5, 0.6) is 0 Å². The molecule has 23 heavy (non-hydrogen) atoms. The third-order valence-electron chi connectivity index (χ3n) is 3.13. The first-order valence-electron chi connectivity index (χ1n) is 6.59.